The number of aromatic nitrogens is 2. The molecule has 0 atom stereocenters. The lowest BCUT2D eigenvalue weighted by Crippen LogP contribution is -2.30. The second kappa shape index (κ2) is 12.4. The molecule has 0 bridgehead atoms. The van der Waals surface area contributed by atoms with E-state index in [-0.39, 0.29) is 11.2 Å². The monoisotopic (exact) mass is 494 g/mol. The van der Waals surface area contributed by atoms with Gasteiger partial charge in [-0.15, -0.1) is 0 Å². The first-order chi connectivity index (χ1) is 17.5. The number of hydrogen-bond donors (Lipinski definition) is 1. The fraction of sp³-hybridized carbons (Fsp3) is 0.464. The number of benzene rings is 1. The summed E-state index contributed by atoms with van der Waals surface area (Å²) in [5, 5.41) is 1.74. The van der Waals surface area contributed by atoms with Gasteiger partial charge in [0.05, 0.1) is 12.9 Å². The molecular formula is C28H34N2O6. The summed E-state index contributed by atoms with van der Waals surface area (Å²) in [7, 11) is 0. The van der Waals surface area contributed by atoms with E-state index >= 15 is 0 Å². The van der Waals surface area contributed by atoms with Crippen molar-refractivity contribution >= 4 is 21.9 Å². The van der Waals surface area contributed by atoms with Crippen LogP contribution in [0.2, 0.25) is 0 Å². The van der Waals surface area contributed by atoms with Gasteiger partial charge in [-0.25, -0.2) is 9.59 Å². The molecular weight excluding hydrogens is 460 g/mol. The van der Waals surface area contributed by atoms with Crippen LogP contribution < -0.4 is 21.6 Å². The number of rotatable bonds is 14. The van der Waals surface area contributed by atoms with E-state index in [2.05, 4.69) is 4.98 Å². The lowest BCUT2D eigenvalue weighted by atomic mass is 10.1. The number of nitrogens with zero attached hydrogens (tertiary/aromatic N) is 1. The summed E-state index contributed by atoms with van der Waals surface area (Å²) >= 11 is 0. The molecule has 0 saturated carbocycles. The number of aromatic amines is 1. The molecule has 0 spiro atoms. The van der Waals surface area contributed by atoms with E-state index in [0.29, 0.717) is 35.6 Å². The highest BCUT2D eigenvalue weighted by atomic mass is 16.5. The summed E-state index contributed by atoms with van der Waals surface area (Å²) in [6.45, 7) is 2.91. The van der Waals surface area contributed by atoms with Gasteiger partial charge in [-0.2, -0.15) is 0 Å². The van der Waals surface area contributed by atoms with Gasteiger partial charge in [0.2, 0.25) is 5.75 Å². The van der Waals surface area contributed by atoms with Gasteiger partial charge in [-0.1, -0.05) is 51.4 Å². The summed E-state index contributed by atoms with van der Waals surface area (Å²) < 4.78 is 18.6. The molecule has 8 nitrogen and oxygen atoms in total. The second-order valence-corrected chi connectivity index (χ2v) is 9.37. The van der Waals surface area contributed by atoms with Crippen LogP contribution in [0.4, 0.5) is 0 Å². The molecule has 8 heteroatoms. The standard InChI is InChI=1S/C28H34N2O6/c1-20-19-30(28(33)29-27(20)32)15-10-8-6-4-2-3-5-7-9-11-16-34-26-24-22(14-17-35-24)18-21-12-13-23(31)36-25(21)26/h12-14,17-19H,2-11,15-16H2,1H3,(H,29,32,33). The van der Waals surface area contributed by atoms with Crippen molar-refractivity contribution in [1.82, 2.24) is 9.55 Å². The molecule has 4 rings (SSSR count). The van der Waals surface area contributed by atoms with Crippen LogP contribution >= 0.6 is 0 Å². The summed E-state index contributed by atoms with van der Waals surface area (Å²) in [6.07, 6.45) is 14.5. The van der Waals surface area contributed by atoms with Crippen LogP contribution in [0.15, 0.2) is 59.9 Å². The van der Waals surface area contributed by atoms with E-state index in [4.69, 9.17) is 13.6 Å². The number of furan rings is 1. The average molecular weight is 495 g/mol. The Bertz CT molecular complexity index is 1460. The number of aryl methyl sites for hydroxylation is 2. The quantitative estimate of drug-likeness (QED) is 0.179. The first-order valence-corrected chi connectivity index (χ1v) is 12.9. The van der Waals surface area contributed by atoms with E-state index in [9.17, 15) is 14.4 Å². The van der Waals surface area contributed by atoms with Crippen molar-refractivity contribution in [2.45, 2.75) is 77.7 Å². The number of H-pyrrole nitrogens is 1. The van der Waals surface area contributed by atoms with Crippen molar-refractivity contribution < 1.29 is 13.6 Å². The zero-order chi connectivity index (χ0) is 25.3. The highest BCUT2D eigenvalue weighted by Gasteiger charge is 2.14. The molecule has 0 saturated heterocycles. The predicted octanol–water partition coefficient (Wildman–Crippen LogP) is 5.68. The van der Waals surface area contributed by atoms with Gasteiger partial charge in [-0.05, 0) is 38.0 Å². The highest BCUT2D eigenvalue weighted by molar-refractivity contribution is 5.99. The fourth-order valence-electron chi connectivity index (χ4n) is 4.49. The Kier molecular flexibility index (Phi) is 8.81. The smallest absolute Gasteiger partial charge is 0.336 e. The van der Waals surface area contributed by atoms with Gasteiger partial charge in [0, 0.05) is 35.1 Å². The molecule has 1 N–H and O–H groups in total. The van der Waals surface area contributed by atoms with Crippen LogP contribution in [0, 0.1) is 6.92 Å². The third-order valence-electron chi connectivity index (χ3n) is 6.51. The minimum absolute atomic E-state index is 0.307. The molecule has 192 valence electrons. The van der Waals surface area contributed by atoms with Crippen molar-refractivity contribution in [3.8, 4) is 5.75 Å². The summed E-state index contributed by atoms with van der Waals surface area (Å²) in [5.74, 6) is 0.505. The minimum atomic E-state index is -0.405. The van der Waals surface area contributed by atoms with Gasteiger partial charge in [0.25, 0.3) is 5.56 Å². The Hall–Kier alpha value is -3.55. The maximum atomic E-state index is 11.8. The second-order valence-electron chi connectivity index (χ2n) is 9.37. The predicted molar refractivity (Wildman–Crippen MR) is 140 cm³/mol. The van der Waals surface area contributed by atoms with Gasteiger partial charge >= 0.3 is 11.3 Å². The lowest BCUT2D eigenvalue weighted by molar-refractivity contribution is 0.301. The topological polar surface area (TPSA) is 107 Å². The molecule has 4 aromatic rings. The Morgan fingerprint density at radius 3 is 2.25 bits per heavy atom. The van der Waals surface area contributed by atoms with E-state index in [0.717, 1.165) is 42.9 Å². The molecule has 0 aliphatic heterocycles. The van der Waals surface area contributed by atoms with Crippen molar-refractivity contribution in [3.05, 3.63) is 73.5 Å². The maximum absolute atomic E-state index is 11.8. The normalized spacial score (nSPS) is 11.5. The largest absolute Gasteiger partial charge is 0.486 e. The zero-order valence-corrected chi connectivity index (χ0v) is 20.8. The van der Waals surface area contributed by atoms with Crippen LogP contribution in [-0.2, 0) is 6.54 Å². The molecule has 3 aromatic heterocycles. The van der Waals surface area contributed by atoms with E-state index < -0.39 is 5.63 Å². The molecule has 3 heterocycles. The fourth-order valence-corrected chi connectivity index (χ4v) is 4.49. The molecule has 0 amide bonds. The van der Waals surface area contributed by atoms with Crippen LogP contribution in [-0.4, -0.2) is 16.2 Å². The van der Waals surface area contributed by atoms with E-state index in [1.54, 1.807) is 30.0 Å². The third-order valence-corrected chi connectivity index (χ3v) is 6.51. The molecule has 0 aliphatic rings. The number of unbranched alkanes of at least 4 members (excludes halogenated alkanes) is 9. The highest BCUT2D eigenvalue weighted by Crippen LogP contribution is 2.35. The van der Waals surface area contributed by atoms with Crippen LogP contribution in [0.3, 0.4) is 0 Å². The number of fused-ring (bicyclic) bond motifs is 2. The van der Waals surface area contributed by atoms with Gasteiger partial charge in [0.1, 0.15) is 0 Å². The Labute approximate surface area is 208 Å². The minimum Gasteiger partial charge on any atom is -0.486 e. The number of ether oxygens (including phenoxy) is 1. The first-order valence-electron chi connectivity index (χ1n) is 12.9. The zero-order valence-electron chi connectivity index (χ0n) is 20.8. The molecule has 0 unspecified atom stereocenters. The van der Waals surface area contributed by atoms with Gasteiger partial charge in [-0.3, -0.25) is 9.78 Å². The number of nitrogens with one attached hydrogen (secondary N) is 1. The molecule has 36 heavy (non-hydrogen) atoms. The van der Waals surface area contributed by atoms with Crippen molar-refractivity contribution in [3.63, 3.8) is 0 Å². The van der Waals surface area contributed by atoms with E-state index in [1.165, 1.54) is 38.2 Å². The third kappa shape index (κ3) is 6.56. The van der Waals surface area contributed by atoms with Crippen molar-refractivity contribution in [2.75, 3.05) is 6.61 Å². The van der Waals surface area contributed by atoms with Crippen LogP contribution in [0.25, 0.3) is 21.9 Å². The molecule has 0 fully saturated rings. The lowest BCUT2D eigenvalue weighted by Gasteiger charge is -2.09. The van der Waals surface area contributed by atoms with Gasteiger partial charge < -0.3 is 18.1 Å². The summed E-state index contributed by atoms with van der Waals surface area (Å²) in [5.41, 5.74) is 0.576. The Morgan fingerprint density at radius 1 is 0.833 bits per heavy atom. The molecule has 0 aliphatic carbocycles. The summed E-state index contributed by atoms with van der Waals surface area (Å²) in [6, 6.07) is 6.96. The van der Waals surface area contributed by atoms with Crippen molar-refractivity contribution in [2.24, 2.45) is 0 Å². The van der Waals surface area contributed by atoms with Gasteiger partial charge in [0.15, 0.2) is 11.2 Å². The van der Waals surface area contributed by atoms with Crippen LogP contribution in [0.1, 0.15) is 69.8 Å². The summed E-state index contributed by atoms with van der Waals surface area (Å²) in [4.78, 5) is 37.3. The van der Waals surface area contributed by atoms with Crippen molar-refractivity contribution in [1.29, 1.82) is 0 Å². The van der Waals surface area contributed by atoms with Crippen LogP contribution in [0.5, 0.6) is 5.75 Å². The maximum Gasteiger partial charge on any atom is 0.336 e. The number of hydrogen-bond acceptors (Lipinski definition) is 6. The Morgan fingerprint density at radius 2 is 1.50 bits per heavy atom. The van der Waals surface area contributed by atoms with E-state index in [1.807, 2.05) is 12.1 Å². The molecule has 1 aromatic carbocycles. The first kappa shape index (κ1) is 25.5. The Balaban J connectivity index is 1.07. The molecule has 0 radical (unpaired) electrons. The SMILES string of the molecule is Cc1cn(CCCCCCCCCCCCOc2c3occc3cc3ccc(=O)oc23)c(=O)[nH]c1=O. The average Bonchev–Trinajstić information content (AvgIpc) is 3.33.